The third-order valence-electron chi connectivity index (χ3n) is 3.35. The summed E-state index contributed by atoms with van der Waals surface area (Å²) >= 11 is 1.22. The van der Waals surface area contributed by atoms with E-state index in [1.54, 1.807) is 18.4 Å². The van der Waals surface area contributed by atoms with E-state index in [0.717, 1.165) is 6.07 Å². The first-order valence-electron chi connectivity index (χ1n) is 6.42. The van der Waals surface area contributed by atoms with Crippen molar-refractivity contribution in [3.05, 3.63) is 51.4 Å². The van der Waals surface area contributed by atoms with E-state index in [9.17, 15) is 23.6 Å². The van der Waals surface area contributed by atoms with E-state index < -0.39 is 22.0 Å². The highest BCUT2D eigenvalue weighted by molar-refractivity contribution is 7.90. The molecule has 1 aliphatic rings. The van der Waals surface area contributed by atoms with Crippen LogP contribution in [0.1, 0.15) is 12.5 Å². The van der Waals surface area contributed by atoms with Gasteiger partial charge in [0.1, 0.15) is 0 Å². The van der Waals surface area contributed by atoms with Crippen LogP contribution < -0.4 is 4.78 Å². The fourth-order valence-corrected chi connectivity index (χ4v) is 4.54. The molecule has 0 unspecified atom stereocenters. The number of nitrogens with zero attached hydrogens (tertiary/aromatic N) is 3. The molecule has 0 saturated carbocycles. The zero-order chi connectivity index (χ0) is 16.8. The van der Waals surface area contributed by atoms with Gasteiger partial charge >= 0.3 is 7.05 Å². The summed E-state index contributed by atoms with van der Waals surface area (Å²) in [6.07, 6.45) is 0. The predicted molar refractivity (Wildman–Crippen MR) is 86.3 cm³/mol. The van der Waals surface area contributed by atoms with Crippen LogP contribution in [0.2, 0.25) is 0 Å². The largest absolute Gasteiger partial charge is 0.494 e. The number of rotatable bonds is 3. The summed E-state index contributed by atoms with van der Waals surface area (Å²) in [5.41, 5.74) is 0.781. The van der Waals surface area contributed by atoms with E-state index in [0.29, 0.717) is 20.4 Å². The molecule has 118 valence electrons. The first-order chi connectivity index (χ1) is 10.8. The van der Waals surface area contributed by atoms with Crippen molar-refractivity contribution in [1.29, 1.82) is 0 Å². The minimum absolute atomic E-state index is 0.303. The summed E-state index contributed by atoms with van der Waals surface area (Å²) in [4.78, 5) is 9.84. The summed E-state index contributed by atoms with van der Waals surface area (Å²) in [7, 11) is -5.68. The molecular formula is C12H10BN3O5S2. The van der Waals surface area contributed by atoms with Crippen molar-refractivity contribution in [2.75, 3.05) is 0 Å². The van der Waals surface area contributed by atoms with Crippen LogP contribution in [0, 0.1) is 10.1 Å². The molecule has 1 N–H and O–H groups in total. The van der Waals surface area contributed by atoms with Crippen LogP contribution in [-0.4, -0.2) is 35.5 Å². The van der Waals surface area contributed by atoms with Crippen molar-refractivity contribution in [3.63, 3.8) is 0 Å². The Labute approximate surface area is 136 Å². The maximum Gasteiger partial charge on any atom is 0.494 e. The fraction of sp³-hybridized carbons (Fsp3) is 0.0833. The Morgan fingerprint density at radius 2 is 2.13 bits per heavy atom. The molecule has 0 radical (unpaired) electrons. The van der Waals surface area contributed by atoms with Crippen LogP contribution >= 0.6 is 11.3 Å². The lowest BCUT2D eigenvalue weighted by molar-refractivity contribution is -0.385. The van der Waals surface area contributed by atoms with Crippen molar-refractivity contribution in [1.82, 2.24) is 4.33 Å². The Kier molecular flexibility index (Phi) is 3.70. The van der Waals surface area contributed by atoms with Gasteiger partial charge in [-0.2, -0.15) is 20.8 Å². The summed E-state index contributed by atoms with van der Waals surface area (Å²) < 4.78 is 26.4. The van der Waals surface area contributed by atoms with E-state index >= 15 is 0 Å². The molecule has 0 bridgehead atoms. The van der Waals surface area contributed by atoms with Gasteiger partial charge in [0.25, 0.3) is 15.7 Å². The highest BCUT2D eigenvalue weighted by Gasteiger charge is 2.40. The number of sulfonamides is 1. The molecule has 0 spiro atoms. The van der Waals surface area contributed by atoms with E-state index in [2.05, 4.69) is 5.10 Å². The molecular weight excluding hydrogens is 341 g/mol. The summed E-state index contributed by atoms with van der Waals surface area (Å²) in [6.45, 7) is 1.63. The molecule has 3 rings (SSSR count). The molecule has 0 atom stereocenters. The quantitative estimate of drug-likeness (QED) is 0.499. The second-order valence-electron chi connectivity index (χ2n) is 4.79. The van der Waals surface area contributed by atoms with Gasteiger partial charge in [0.2, 0.25) is 0 Å². The van der Waals surface area contributed by atoms with E-state index in [1.165, 1.54) is 29.5 Å². The molecule has 1 aromatic carbocycles. The number of fused-ring (bicyclic) bond motifs is 1. The summed E-state index contributed by atoms with van der Waals surface area (Å²) in [6, 6.07) is 6.38. The lowest BCUT2D eigenvalue weighted by atomic mass is 9.78. The number of nitro benzene ring substituents is 1. The van der Waals surface area contributed by atoms with Gasteiger partial charge in [0.05, 0.1) is 15.5 Å². The van der Waals surface area contributed by atoms with Crippen LogP contribution in [0.5, 0.6) is 0 Å². The van der Waals surface area contributed by atoms with Crippen molar-refractivity contribution in [2.24, 2.45) is 5.10 Å². The first kappa shape index (κ1) is 15.7. The number of nitro groups is 1. The molecule has 0 fully saturated rings. The number of thiophene rings is 1. The van der Waals surface area contributed by atoms with Gasteiger partial charge in [-0.3, -0.25) is 10.1 Å². The van der Waals surface area contributed by atoms with Gasteiger partial charge in [0.15, 0.2) is 0 Å². The Hall–Kier alpha value is -2.24. The van der Waals surface area contributed by atoms with Crippen molar-refractivity contribution < 1.29 is 18.4 Å². The highest BCUT2D eigenvalue weighted by Crippen LogP contribution is 2.25. The average Bonchev–Trinajstić information content (AvgIpc) is 3.01. The maximum absolute atomic E-state index is 12.7. The molecule has 1 aliphatic heterocycles. The van der Waals surface area contributed by atoms with Gasteiger partial charge in [-0.25, -0.2) is 8.42 Å². The zero-order valence-corrected chi connectivity index (χ0v) is 13.4. The van der Waals surface area contributed by atoms with Crippen LogP contribution in [0.25, 0.3) is 0 Å². The predicted octanol–water partition coefficient (Wildman–Crippen LogP) is 0.772. The number of non-ortho nitro benzene ring substituents is 1. The Morgan fingerprint density at radius 3 is 2.83 bits per heavy atom. The number of hydrogen-bond donors (Lipinski definition) is 1. The van der Waals surface area contributed by atoms with Crippen LogP contribution in [0.15, 0.2) is 45.7 Å². The minimum Gasteiger partial charge on any atom is -0.426 e. The molecule has 1 aromatic heterocycles. The SMILES string of the molecule is CC1=NN(S(=O)(=O)c2cccc([N+](=O)[O-])c2)B(O)c2sccc21. The van der Waals surface area contributed by atoms with E-state index in [4.69, 9.17) is 0 Å². The van der Waals surface area contributed by atoms with Crippen molar-refractivity contribution >= 4 is 44.6 Å². The number of hydrogen-bond acceptors (Lipinski definition) is 7. The molecule has 2 heterocycles. The lowest BCUT2D eigenvalue weighted by Gasteiger charge is -2.26. The van der Waals surface area contributed by atoms with Crippen LogP contribution in [-0.2, 0) is 10.0 Å². The zero-order valence-electron chi connectivity index (χ0n) is 11.8. The summed E-state index contributed by atoms with van der Waals surface area (Å²) in [5, 5.41) is 26.8. The third-order valence-corrected chi connectivity index (χ3v) is 5.93. The second-order valence-corrected chi connectivity index (χ2v) is 7.53. The van der Waals surface area contributed by atoms with Gasteiger partial charge in [-0.05, 0) is 24.4 Å². The van der Waals surface area contributed by atoms with Crippen molar-refractivity contribution in [3.8, 4) is 0 Å². The molecule has 8 nitrogen and oxygen atoms in total. The van der Waals surface area contributed by atoms with E-state index in [1.807, 2.05) is 0 Å². The molecule has 23 heavy (non-hydrogen) atoms. The van der Waals surface area contributed by atoms with Gasteiger partial charge in [0, 0.05) is 22.5 Å². The standard InChI is InChI=1S/C12H10BN3O5S2/c1-8-11-5-6-22-12(11)13(17)16(14-8)23(20,21)10-4-2-3-9(7-10)15(18)19/h2-7,17H,1H3. The van der Waals surface area contributed by atoms with Gasteiger partial charge in [-0.1, -0.05) is 6.07 Å². The minimum atomic E-state index is -4.22. The smallest absolute Gasteiger partial charge is 0.426 e. The van der Waals surface area contributed by atoms with Crippen LogP contribution in [0.3, 0.4) is 0 Å². The highest BCUT2D eigenvalue weighted by atomic mass is 32.2. The lowest BCUT2D eigenvalue weighted by Crippen LogP contribution is -2.52. The van der Waals surface area contributed by atoms with Crippen LogP contribution in [0.4, 0.5) is 5.69 Å². The normalized spacial score (nSPS) is 14.4. The first-order valence-corrected chi connectivity index (χ1v) is 8.74. The molecule has 0 saturated heterocycles. The Balaban J connectivity index is 2.09. The topological polar surface area (TPSA) is 113 Å². The van der Waals surface area contributed by atoms with E-state index in [-0.39, 0.29) is 10.6 Å². The Bertz CT molecular complexity index is 924. The third kappa shape index (κ3) is 2.52. The van der Waals surface area contributed by atoms with Gasteiger partial charge in [-0.15, -0.1) is 0 Å². The average molecular weight is 351 g/mol. The fourth-order valence-electron chi connectivity index (χ4n) is 2.23. The molecule has 2 aromatic rings. The summed E-state index contributed by atoms with van der Waals surface area (Å²) in [5.74, 6) is 0. The molecule has 0 amide bonds. The second kappa shape index (κ2) is 5.44. The molecule has 0 aliphatic carbocycles. The maximum atomic E-state index is 12.7. The monoisotopic (exact) mass is 351 g/mol. The number of hydrazone groups is 1. The van der Waals surface area contributed by atoms with Gasteiger partial charge < -0.3 is 5.02 Å². The molecule has 11 heteroatoms. The van der Waals surface area contributed by atoms with Crippen molar-refractivity contribution in [2.45, 2.75) is 11.8 Å². The number of benzene rings is 1. The Morgan fingerprint density at radius 1 is 1.39 bits per heavy atom.